The lowest BCUT2D eigenvalue weighted by atomic mass is 9.44. The lowest BCUT2D eigenvalue weighted by Gasteiger charge is -2.62. The van der Waals surface area contributed by atoms with Gasteiger partial charge in [0.1, 0.15) is 6.10 Å². The number of esters is 1. The summed E-state index contributed by atoms with van der Waals surface area (Å²) in [5.74, 6) is 6.02. The zero-order valence-corrected chi connectivity index (χ0v) is 25.0. The van der Waals surface area contributed by atoms with Crippen LogP contribution in [0.1, 0.15) is 151 Å². The Kier molecular flexibility index (Phi) is 9.58. The smallest absolute Gasteiger partial charge is 0.306 e. The normalized spacial score (nSPS) is 40.9. The number of carbonyl (C=O) groups excluding carboxylic acids is 1. The Morgan fingerprint density at radius 3 is 2.42 bits per heavy atom. The molecule has 0 saturated heterocycles. The molecule has 0 bridgehead atoms. The van der Waals surface area contributed by atoms with Crippen LogP contribution in [0, 0.1) is 52.3 Å². The van der Waals surface area contributed by atoms with Gasteiger partial charge in [-0.2, -0.15) is 0 Å². The molecule has 0 amide bonds. The van der Waals surface area contributed by atoms with Gasteiger partial charge in [-0.25, -0.2) is 0 Å². The molecule has 1 unspecified atom stereocenters. The molecule has 0 aromatic heterocycles. The molecule has 4 saturated carbocycles. The van der Waals surface area contributed by atoms with Gasteiger partial charge in [0.15, 0.2) is 0 Å². The monoisotopic (exact) mass is 500 g/mol. The summed E-state index contributed by atoms with van der Waals surface area (Å²) < 4.78 is 6.41. The minimum absolute atomic E-state index is 0.0944. The maximum Gasteiger partial charge on any atom is 0.306 e. The van der Waals surface area contributed by atoms with Crippen LogP contribution in [0.2, 0.25) is 0 Å². The second kappa shape index (κ2) is 12.1. The third-order valence-electron chi connectivity index (χ3n) is 12.4. The highest BCUT2D eigenvalue weighted by molar-refractivity contribution is 5.69. The van der Waals surface area contributed by atoms with Crippen molar-refractivity contribution in [1.82, 2.24) is 0 Å². The summed E-state index contributed by atoms with van der Waals surface area (Å²) in [7, 11) is 0. The van der Waals surface area contributed by atoms with Crippen molar-refractivity contribution in [3.05, 3.63) is 0 Å². The van der Waals surface area contributed by atoms with Gasteiger partial charge in [-0.15, -0.1) is 0 Å². The molecule has 4 aliphatic carbocycles. The average molecular weight is 501 g/mol. The number of carbonyl (C=O) groups is 1. The van der Waals surface area contributed by atoms with E-state index in [1.807, 2.05) is 0 Å². The molecular weight excluding hydrogens is 440 g/mol. The van der Waals surface area contributed by atoms with Crippen molar-refractivity contribution < 1.29 is 9.53 Å². The van der Waals surface area contributed by atoms with Crippen LogP contribution in [0.3, 0.4) is 0 Å². The van der Waals surface area contributed by atoms with Gasteiger partial charge in [0.05, 0.1) is 0 Å². The zero-order chi connectivity index (χ0) is 25.9. The van der Waals surface area contributed by atoms with E-state index in [1.165, 1.54) is 83.5 Å². The van der Waals surface area contributed by atoms with Crippen LogP contribution < -0.4 is 0 Å². The number of fused-ring (bicyclic) bond motifs is 5. The molecule has 208 valence electrons. The van der Waals surface area contributed by atoms with E-state index in [0.29, 0.717) is 11.8 Å². The highest BCUT2D eigenvalue weighted by atomic mass is 16.5. The zero-order valence-electron chi connectivity index (χ0n) is 25.0. The Hall–Kier alpha value is -0.530. The molecular formula is C34H60O2. The average Bonchev–Trinajstić information content (AvgIpc) is 3.19. The molecule has 4 aliphatic rings. The summed E-state index contributed by atoms with van der Waals surface area (Å²) in [6.07, 6.45) is 21.9. The molecule has 0 heterocycles. The summed E-state index contributed by atoms with van der Waals surface area (Å²) in [4.78, 5) is 12.9. The Morgan fingerprint density at radius 1 is 0.861 bits per heavy atom. The van der Waals surface area contributed by atoms with E-state index in [2.05, 4.69) is 41.5 Å². The number of rotatable bonds is 11. The molecule has 2 heteroatoms. The molecule has 0 radical (unpaired) electrons. The molecule has 2 nitrogen and oxygen atoms in total. The standard InChI is InChI=1S/C34H60O2/c1-7-8-9-10-17-32(35)36-31-16-12-15-26-18-19-27-29-21-20-28(25(4)14-11-13-24(2)3)33(29,5)23-22-30(27)34(26,31)6/h24-31H,7-23H2,1-6H3/t25-,26+,27+,28-,29+,30+,31?,33-,34+/m1/s1. The Morgan fingerprint density at radius 2 is 1.67 bits per heavy atom. The van der Waals surface area contributed by atoms with Gasteiger partial charge >= 0.3 is 5.97 Å². The van der Waals surface area contributed by atoms with Gasteiger partial charge in [0.25, 0.3) is 0 Å². The Balaban J connectivity index is 1.44. The van der Waals surface area contributed by atoms with Gasteiger partial charge < -0.3 is 4.74 Å². The van der Waals surface area contributed by atoms with E-state index >= 15 is 0 Å². The van der Waals surface area contributed by atoms with Crippen LogP contribution in [-0.4, -0.2) is 12.1 Å². The fourth-order valence-corrected chi connectivity index (χ4v) is 10.4. The van der Waals surface area contributed by atoms with Gasteiger partial charge in [-0.3, -0.25) is 4.79 Å². The van der Waals surface area contributed by atoms with Crippen LogP contribution in [0.15, 0.2) is 0 Å². The SMILES string of the molecule is CCCCCCC(=O)OC1CCC[C@H]2CC[C@H]3[C@@H]4CC[C@H]([C@H](C)CCCC(C)C)[C@@]4(C)CC[C@@H]3[C@@]12C. The maximum atomic E-state index is 12.9. The van der Waals surface area contributed by atoms with Gasteiger partial charge in [0.2, 0.25) is 0 Å². The van der Waals surface area contributed by atoms with Gasteiger partial charge in [-0.1, -0.05) is 80.1 Å². The van der Waals surface area contributed by atoms with E-state index in [0.717, 1.165) is 60.7 Å². The second-order valence-electron chi connectivity index (χ2n) is 14.8. The van der Waals surface area contributed by atoms with Crippen molar-refractivity contribution in [1.29, 1.82) is 0 Å². The van der Waals surface area contributed by atoms with Crippen molar-refractivity contribution in [2.75, 3.05) is 0 Å². The molecule has 4 fully saturated rings. The predicted octanol–water partition coefficient (Wildman–Crippen LogP) is 9.99. The first-order valence-electron chi connectivity index (χ1n) is 16.4. The molecule has 0 aromatic rings. The Bertz CT molecular complexity index is 714. The Labute approximate surface area is 224 Å². The molecule has 36 heavy (non-hydrogen) atoms. The second-order valence-corrected chi connectivity index (χ2v) is 14.8. The fraction of sp³-hybridized carbons (Fsp3) is 0.971. The molecule has 0 aliphatic heterocycles. The van der Waals surface area contributed by atoms with Crippen LogP contribution >= 0.6 is 0 Å². The fourth-order valence-electron chi connectivity index (χ4n) is 10.4. The van der Waals surface area contributed by atoms with Crippen LogP contribution in [0.4, 0.5) is 0 Å². The lowest BCUT2D eigenvalue weighted by molar-refractivity contribution is -0.192. The van der Waals surface area contributed by atoms with Crippen LogP contribution in [-0.2, 0) is 9.53 Å². The molecule has 9 atom stereocenters. The number of ether oxygens (including phenoxy) is 1. The predicted molar refractivity (Wildman–Crippen MR) is 152 cm³/mol. The molecule has 4 rings (SSSR count). The quantitative estimate of drug-likeness (QED) is 0.208. The topological polar surface area (TPSA) is 26.3 Å². The largest absolute Gasteiger partial charge is 0.462 e. The van der Waals surface area contributed by atoms with Gasteiger partial charge in [0, 0.05) is 11.8 Å². The highest BCUT2D eigenvalue weighted by Crippen LogP contribution is 2.68. The summed E-state index contributed by atoms with van der Waals surface area (Å²) >= 11 is 0. The first kappa shape index (κ1) is 28.5. The van der Waals surface area contributed by atoms with Crippen molar-refractivity contribution in [3.8, 4) is 0 Å². The van der Waals surface area contributed by atoms with E-state index in [1.54, 1.807) is 0 Å². The number of hydrogen-bond acceptors (Lipinski definition) is 2. The number of unbranched alkanes of at least 4 members (excludes halogenated alkanes) is 3. The van der Waals surface area contributed by atoms with E-state index in [9.17, 15) is 4.79 Å². The summed E-state index contributed by atoms with van der Waals surface area (Å²) in [5, 5.41) is 0. The summed E-state index contributed by atoms with van der Waals surface area (Å²) in [6, 6.07) is 0. The summed E-state index contributed by atoms with van der Waals surface area (Å²) in [6.45, 7) is 14.8. The minimum atomic E-state index is 0.0944. The van der Waals surface area contributed by atoms with Crippen molar-refractivity contribution in [3.63, 3.8) is 0 Å². The third kappa shape index (κ3) is 5.59. The molecule has 0 spiro atoms. The third-order valence-corrected chi connectivity index (χ3v) is 12.4. The number of hydrogen-bond donors (Lipinski definition) is 0. The van der Waals surface area contributed by atoms with Crippen molar-refractivity contribution >= 4 is 5.97 Å². The summed E-state index contributed by atoms with van der Waals surface area (Å²) in [5.41, 5.74) is 0.754. The first-order valence-corrected chi connectivity index (χ1v) is 16.4. The minimum Gasteiger partial charge on any atom is -0.462 e. The molecule has 0 aromatic carbocycles. The van der Waals surface area contributed by atoms with Crippen molar-refractivity contribution in [2.24, 2.45) is 52.3 Å². The van der Waals surface area contributed by atoms with Crippen molar-refractivity contribution in [2.45, 2.75) is 157 Å². The lowest BCUT2D eigenvalue weighted by Crippen LogP contribution is -2.58. The van der Waals surface area contributed by atoms with Crippen LogP contribution in [0.25, 0.3) is 0 Å². The maximum absolute atomic E-state index is 12.9. The first-order chi connectivity index (χ1) is 17.2. The van der Waals surface area contributed by atoms with E-state index in [4.69, 9.17) is 4.74 Å². The highest BCUT2D eigenvalue weighted by Gasteiger charge is 2.62. The molecule has 0 N–H and O–H groups in total. The van der Waals surface area contributed by atoms with E-state index < -0.39 is 0 Å². The van der Waals surface area contributed by atoms with Gasteiger partial charge in [-0.05, 0) is 111 Å². The van der Waals surface area contributed by atoms with Crippen LogP contribution in [0.5, 0.6) is 0 Å². The van der Waals surface area contributed by atoms with E-state index in [-0.39, 0.29) is 17.5 Å².